The van der Waals surface area contributed by atoms with Gasteiger partial charge < -0.3 is 9.63 Å². The Morgan fingerprint density at radius 3 is 2.60 bits per heavy atom. The third-order valence-electron chi connectivity index (χ3n) is 2.73. The highest BCUT2D eigenvalue weighted by molar-refractivity contribution is 5.71. The van der Waals surface area contributed by atoms with Crippen LogP contribution in [0.15, 0.2) is 35.0 Å². The van der Waals surface area contributed by atoms with Gasteiger partial charge in [0, 0.05) is 12.0 Å². The summed E-state index contributed by atoms with van der Waals surface area (Å²) in [6.45, 7) is 0. The maximum Gasteiger partial charge on any atom is 0.417 e. The number of halogens is 3. The van der Waals surface area contributed by atoms with E-state index in [1.54, 1.807) is 0 Å². The van der Waals surface area contributed by atoms with Crippen molar-refractivity contribution in [1.82, 2.24) is 5.16 Å². The molecule has 20 heavy (non-hydrogen) atoms. The second-order valence-electron chi connectivity index (χ2n) is 4.10. The van der Waals surface area contributed by atoms with Crippen LogP contribution in [0.3, 0.4) is 0 Å². The molecule has 0 bridgehead atoms. The molecule has 7 heteroatoms. The van der Waals surface area contributed by atoms with Gasteiger partial charge in [0.2, 0.25) is 0 Å². The topological polar surface area (TPSA) is 63.3 Å². The summed E-state index contributed by atoms with van der Waals surface area (Å²) in [6.07, 6.45) is -3.59. The van der Waals surface area contributed by atoms with Crippen LogP contribution in [-0.4, -0.2) is 16.2 Å². The zero-order valence-electron chi connectivity index (χ0n) is 10.1. The van der Waals surface area contributed by atoms with Crippen LogP contribution in [-0.2, 0) is 17.4 Å². The first-order chi connectivity index (χ1) is 9.39. The van der Waals surface area contributed by atoms with Gasteiger partial charge in [0.25, 0.3) is 0 Å². The molecule has 1 N–H and O–H groups in total. The molecule has 2 aromatic rings. The highest BCUT2D eigenvalue weighted by Gasteiger charge is 2.34. The Morgan fingerprint density at radius 2 is 1.95 bits per heavy atom. The first-order valence-electron chi connectivity index (χ1n) is 5.71. The average molecular weight is 285 g/mol. The molecule has 0 fully saturated rings. The van der Waals surface area contributed by atoms with Crippen LogP contribution in [0.1, 0.15) is 17.7 Å². The molecule has 2 rings (SSSR count). The standard InChI is InChI=1S/C13H10F3NO3/c14-13(15,16)10-4-2-1-3-8(10)9-7-17-20-11(9)5-6-12(18)19/h1-4,7H,5-6H2,(H,18,19). The molecule has 0 aliphatic heterocycles. The van der Waals surface area contributed by atoms with E-state index in [1.807, 2.05) is 0 Å². The van der Waals surface area contributed by atoms with Gasteiger partial charge in [0.05, 0.1) is 18.2 Å². The average Bonchev–Trinajstić information content (AvgIpc) is 2.83. The van der Waals surface area contributed by atoms with E-state index in [-0.39, 0.29) is 29.7 Å². The van der Waals surface area contributed by atoms with Crippen LogP contribution in [0.4, 0.5) is 13.2 Å². The van der Waals surface area contributed by atoms with Crippen LogP contribution in [0.25, 0.3) is 11.1 Å². The van der Waals surface area contributed by atoms with Crippen LogP contribution in [0, 0.1) is 0 Å². The Bertz CT molecular complexity index is 619. The lowest BCUT2D eigenvalue weighted by Gasteiger charge is -2.11. The molecule has 0 aliphatic carbocycles. The SMILES string of the molecule is O=C(O)CCc1oncc1-c1ccccc1C(F)(F)F. The van der Waals surface area contributed by atoms with Crippen molar-refractivity contribution in [3.63, 3.8) is 0 Å². The minimum absolute atomic E-state index is 0.0170. The van der Waals surface area contributed by atoms with Gasteiger partial charge in [-0.3, -0.25) is 4.79 Å². The number of carboxylic acid groups (broad SMARTS) is 1. The smallest absolute Gasteiger partial charge is 0.417 e. The van der Waals surface area contributed by atoms with Crippen LogP contribution in [0.5, 0.6) is 0 Å². The van der Waals surface area contributed by atoms with Gasteiger partial charge in [-0.05, 0) is 11.6 Å². The van der Waals surface area contributed by atoms with E-state index in [1.165, 1.54) is 24.4 Å². The monoisotopic (exact) mass is 285 g/mol. The number of carboxylic acids is 1. The van der Waals surface area contributed by atoms with Crippen molar-refractivity contribution in [3.05, 3.63) is 41.8 Å². The third kappa shape index (κ3) is 2.98. The Kier molecular flexibility index (Phi) is 3.78. The molecule has 1 aromatic carbocycles. The number of carbonyl (C=O) groups is 1. The van der Waals surface area contributed by atoms with Gasteiger partial charge >= 0.3 is 12.1 Å². The lowest BCUT2D eigenvalue weighted by molar-refractivity contribution is -0.138. The Balaban J connectivity index is 2.43. The van der Waals surface area contributed by atoms with Gasteiger partial charge in [-0.1, -0.05) is 23.4 Å². The van der Waals surface area contributed by atoms with Gasteiger partial charge in [-0.2, -0.15) is 13.2 Å². The number of benzene rings is 1. The first kappa shape index (κ1) is 14.1. The molecule has 0 aliphatic rings. The minimum Gasteiger partial charge on any atom is -0.481 e. The van der Waals surface area contributed by atoms with E-state index >= 15 is 0 Å². The fourth-order valence-electron chi connectivity index (χ4n) is 1.85. The van der Waals surface area contributed by atoms with E-state index in [9.17, 15) is 18.0 Å². The zero-order chi connectivity index (χ0) is 14.8. The van der Waals surface area contributed by atoms with Gasteiger partial charge in [-0.25, -0.2) is 0 Å². The molecule has 0 amide bonds. The van der Waals surface area contributed by atoms with Crippen molar-refractivity contribution in [3.8, 4) is 11.1 Å². The second-order valence-corrected chi connectivity index (χ2v) is 4.10. The minimum atomic E-state index is -4.50. The Labute approximate surface area is 111 Å². The van der Waals surface area contributed by atoms with Crippen molar-refractivity contribution in [2.24, 2.45) is 0 Å². The molecular formula is C13H10F3NO3. The number of aromatic nitrogens is 1. The number of hydrogen-bond donors (Lipinski definition) is 1. The molecule has 0 spiro atoms. The molecular weight excluding hydrogens is 275 g/mol. The lowest BCUT2D eigenvalue weighted by atomic mass is 9.99. The third-order valence-corrected chi connectivity index (χ3v) is 2.73. The maximum atomic E-state index is 12.9. The fraction of sp³-hybridized carbons (Fsp3) is 0.231. The lowest BCUT2D eigenvalue weighted by Crippen LogP contribution is -2.07. The summed E-state index contributed by atoms with van der Waals surface area (Å²) in [7, 11) is 0. The first-order valence-corrected chi connectivity index (χ1v) is 5.71. The number of nitrogens with zero attached hydrogens (tertiary/aromatic N) is 1. The number of aliphatic carboxylic acids is 1. The van der Waals surface area contributed by atoms with Crippen LogP contribution < -0.4 is 0 Å². The summed E-state index contributed by atoms with van der Waals surface area (Å²) in [5.41, 5.74) is -0.708. The largest absolute Gasteiger partial charge is 0.481 e. The van der Waals surface area contributed by atoms with Gasteiger partial charge in [0.1, 0.15) is 5.76 Å². The van der Waals surface area contributed by atoms with E-state index in [4.69, 9.17) is 9.63 Å². The van der Waals surface area contributed by atoms with Crippen LogP contribution in [0.2, 0.25) is 0 Å². The Morgan fingerprint density at radius 1 is 1.25 bits per heavy atom. The molecule has 0 atom stereocenters. The van der Waals surface area contributed by atoms with Crippen molar-refractivity contribution in [2.75, 3.05) is 0 Å². The molecule has 0 saturated carbocycles. The van der Waals surface area contributed by atoms with Crippen molar-refractivity contribution < 1.29 is 27.6 Å². The number of aryl methyl sites for hydroxylation is 1. The van der Waals surface area contributed by atoms with Gasteiger partial charge in [0.15, 0.2) is 0 Å². The van der Waals surface area contributed by atoms with E-state index in [0.717, 1.165) is 6.07 Å². The molecule has 0 radical (unpaired) electrons. The summed E-state index contributed by atoms with van der Waals surface area (Å²) in [5.74, 6) is -0.930. The molecule has 0 unspecified atom stereocenters. The zero-order valence-corrected chi connectivity index (χ0v) is 10.1. The Hall–Kier alpha value is -2.31. The number of alkyl halides is 3. The van der Waals surface area contributed by atoms with Crippen molar-refractivity contribution in [2.45, 2.75) is 19.0 Å². The van der Waals surface area contributed by atoms with E-state index < -0.39 is 17.7 Å². The fourth-order valence-corrected chi connectivity index (χ4v) is 1.85. The van der Waals surface area contributed by atoms with Crippen molar-refractivity contribution >= 4 is 5.97 Å². The van der Waals surface area contributed by atoms with Crippen molar-refractivity contribution in [1.29, 1.82) is 0 Å². The van der Waals surface area contributed by atoms with E-state index in [2.05, 4.69) is 5.16 Å². The van der Waals surface area contributed by atoms with Crippen LogP contribution >= 0.6 is 0 Å². The highest BCUT2D eigenvalue weighted by Crippen LogP contribution is 2.38. The maximum absolute atomic E-state index is 12.9. The normalized spacial score (nSPS) is 11.6. The summed E-state index contributed by atoms with van der Waals surface area (Å²) < 4.78 is 43.7. The molecule has 1 heterocycles. The molecule has 1 aromatic heterocycles. The predicted molar refractivity (Wildman–Crippen MR) is 62.9 cm³/mol. The number of hydrogen-bond acceptors (Lipinski definition) is 3. The summed E-state index contributed by atoms with van der Waals surface area (Å²) >= 11 is 0. The molecule has 4 nitrogen and oxygen atoms in total. The predicted octanol–water partition coefficient (Wildman–Crippen LogP) is 3.38. The highest BCUT2D eigenvalue weighted by atomic mass is 19.4. The summed E-state index contributed by atoms with van der Waals surface area (Å²) in [5, 5.41) is 12.1. The van der Waals surface area contributed by atoms with E-state index in [0.29, 0.717) is 0 Å². The summed E-state index contributed by atoms with van der Waals surface area (Å²) in [4.78, 5) is 10.5. The number of rotatable bonds is 4. The second kappa shape index (κ2) is 5.36. The summed E-state index contributed by atoms with van der Waals surface area (Å²) in [6, 6.07) is 5.03. The molecule has 106 valence electrons. The molecule has 0 saturated heterocycles. The quantitative estimate of drug-likeness (QED) is 0.935. The van der Waals surface area contributed by atoms with Gasteiger partial charge in [-0.15, -0.1) is 0 Å².